The highest BCUT2D eigenvalue weighted by Gasteiger charge is 2.45. The molecule has 1 amide bonds. The van der Waals surface area contributed by atoms with Crippen molar-refractivity contribution in [2.24, 2.45) is 0 Å². The minimum absolute atomic E-state index is 0.00459. The van der Waals surface area contributed by atoms with E-state index in [0.717, 1.165) is 37.2 Å². The maximum absolute atomic E-state index is 13.4. The highest BCUT2D eigenvalue weighted by molar-refractivity contribution is 6.10. The number of hydrogen-bond acceptors (Lipinski definition) is 3. The van der Waals surface area contributed by atoms with Gasteiger partial charge in [-0.3, -0.25) is 15.6 Å². The van der Waals surface area contributed by atoms with Gasteiger partial charge in [-0.2, -0.15) is 13.2 Å². The van der Waals surface area contributed by atoms with Gasteiger partial charge in [-0.15, -0.1) is 0 Å². The third-order valence-corrected chi connectivity index (χ3v) is 6.19. The van der Waals surface area contributed by atoms with Crippen molar-refractivity contribution in [2.45, 2.75) is 37.4 Å². The summed E-state index contributed by atoms with van der Waals surface area (Å²) in [5.74, 6) is -0.154. The largest absolute Gasteiger partial charge is 0.416 e. The van der Waals surface area contributed by atoms with E-state index in [1.54, 1.807) is 25.2 Å². The Morgan fingerprint density at radius 3 is 2.50 bits per heavy atom. The van der Waals surface area contributed by atoms with Crippen molar-refractivity contribution in [1.82, 2.24) is 4.90 Å². The van der Waals surface area contributed by atoms with Gasteiger partial charge < -0.3 is 9.80 Å². The van der Waals surface area contributed by atoms with Crippen LogP contribution in [0.1, 0.15) is 46.3 Å². The second-order valence-corrected chi connectivity index (χ2v) is 7.80. The summed E-state index contributed by atoms with van der Waals surface area (Å²) in [5.41, 5.74) is 0.0923. The van der Waals surface area contributed by atoms with Crippen molar-refractivity contribution >= 4 is 23.8 Å². The molecule has 0 radical (unpaired) electrons. The number of hydrogen-bond donors (Lipinski definition) is 2. The molecule has 2 aromatic carbocycles. The number of amidine groups is 1. The maximum atomic E-state index is 13.4. The smallest absolute Gasteiger partial charge is 0.324 e. The van der Waals surface area contributed by atoms with Gasteiger partial charge in [-0.05, 0) is 48.2 Å². The van der Waals surface area contributed by atoms with Crippen LogP contribution in [-0.4, -0.2) is 30.0 Å². The summed E-state index contributed by atoms with van der Waals surface area (Å²) >= 11 is 0. The summed E-state index contributed by atoms with van der Waals surface area (Å²) in [6.45, 7) is -0.141. The molecule has 2 aromatic rings. The lowest BCUT2D eigenvalue weighted by Gasteiger charge is -2.44. The number of carbonyl (C=O) groups is 1. The van der Waals surface area contributed by atoms with E-state index in [9.17, 15) is 18.0 Å². The molecule has 1 fully saturated rings. The SMILES string of the molecule is CN(C=N)C(=N)C1(c2cccc(N3Cc4c(cccc4C(F)(F)F)C3=O)c2)CCC1. The number of carbonyl (C=O) groups excluding carboxylic acids is 1. The zero-order valence-corrected chi connectivity index (χ0v) is 16.4. The Bertz CT molecular complexity index is 1040. The number of likely N-dealkylation sites (N-methyl/N-ethyl adjacent to an activating group) is 1. The van der Waals surface area contributed by atoms with E-state index in [4.69, 9.17) is 10.8 Å². The lowest BCUT2D eigenvalue weighted by molar-refractivity contribution is -0.138. The van der Waals surface area contributed by atoms with Gasteiger partial charge in [0.15, 0.2) is 0 Å². The Hall–Kier alpha value is -3.16. The van der Waals surface area contributed by atoms with Gasteiger partial charge in [-0.25, -0.2) is 0 Å². The van der Waals surface area contributed by atoms with E-state index in [1.165, 1.54) is 21.9 Å². The van der Waals surface area contributed by atoms with Crippen LogP contribution >= 0.6 is 0 Å². The Balaban J connectivity index is 1.71. The molecule has 8 heteroatoms. The van der Waals surface area contributed by atoms with E-state index < -0.39 is 23.1 Å². The normalized spacial score (nSPS) is 17.3. The quantitative estimate of drug-likeness (QED) is 0.557. The molecule has 0 spiro atoms. The predicted molar refractivity (Wildman–Crippen MR) is 108 cm³/mol. The van der Waals surface area contributed by atoms with Gasteiger partial charge >= 0.3 is 6.18 Å². The van der Waals surface area contributed by atoms with Crippen molar-refractivity contribution in [3.63, 3.8) is 0 Å². The molecule has 2 N–H and O–H groups in total. The van der Waals surface area contributed by atoms with Gasteiger partial charge in [0.25, 0.3) is 5.91 Å². The van der Waals surface area contributed by atoms with E-state index >= 15 is 0 Å². The van der Waals surface area contributed by atoms with Crippen LogP contribution in [0.15, 0.2) is 42.5 Å². The van der Waals surface area contributed by atoms with E-state index in [2.05, 4.69) is 0 Å². The standard InChI is InChI=1S/C22H21F3N4O/c1-28(13-26)20(27)21(9-4-10-21)14-5-2-6-15(11-14)29-12-17-16(19(29)30)7-3-8-18(17)22(23,24)25/h2-3,5-8,11,13,26-27H,4,9-10,12H2,1H3. The average Bonchev–Trinajstić information content (AvgIpc) is 3.02. The van der Waals surface area contributed by atoms with Crippen LogP contribution < -0.4 is 4.90 Å². The molecule has 0 saturated heterocycles. The monoisotopic (exact) mass is 414 g/mol. The van der Waals surface area contributed by atoms with Crippen LogP contribution in [0, 0.1) is 10.8 Å². The van der Waals surface area contributed by atoms with Crippen LogP contribution in [0.25, 0.3) is 0 Å². The zero-order chi connectivity index (χ0) is 21.7. The van der Waals surface area contributed by atoms with Crippen molar-refractivity contribution in [1.29, 1.82) is 10.8 Å². The summed E-state index contributed by atoms with van der Waals surface area (Å²) in [6.07, 6.45) is -0.987. The molecule has 4 rings (SSSR count). The summed E-state index contributed by atoms with van der Waals surface area (Å²) in [7, 11) is 1.65. The number of rotatable bonds is 4. The van der Waals surface area contributed by atoms with Gasteiger partial charge in [0.05, 0.1) is 23.9 Å². The molecule has 1 saturated carbocycles. The molecule has 0 bridgehead atoms. The molecule has 0 aromatic heterocycles. The van der Waals surface area contributed by atoms with Crippen LogP contribution in [0.5, 0.6) is 0 Å². The number of alkyl halides is 3. The first-order valence-electron chi connectivity index (χ1n) is 9.63. The molecule has 2 aliphatic rings. The second kappa shape index (κ2) is 6.97. The molecule has 0 atom stereocenters. The van der Waals surface area contributed by atoms with Crippen molar-refractivity contribution in [3.8, 4) is 0 Å². The molecule has 1 aliphatic heterocycles. The number of benzene rings is 2. The number of anilines is 1. The number of nitrogens with one attached hydrogen (secondary N) is 2. The lowest BCUT2D eigenvalue weighted by Crippen LogP contribution is -2.49. The molecule has 0 unspecified atom stereocenters. The third-order valence-electron chi connectivity index (χ3n) is 6.19. The van der Waals surface area contributed by atoms with Crippen LogP contribution in [0.3, 0.4) is 0 Å². The van der Waals surface area contributed by atoms with Crippen molar-refractivity contribution < 1.29 is 18.0 Å². The van der Waals surface area contributed by atoms with Crippen LogP contribution in [-0.2, 0) is 18.1 Å². The second-order valence-electron chi connectivity index (χ2n) is 7.80. The van der Waals surface area contributed by atoms with E-state index in [1.807, 2.05) is 6.07 Å². The Morgan fingerprint density at radius 2 is 1.90 bits per heavy atom. The van der Waals surface area contributed by atoms with Gasteiger partial charge in [0.1, 0.15) is 5.84 Å². The molecular formula is C22H21F3N4O. The molecule has 5 nitrogen and oxygen atoms in total. The maximum Gasteiger partial charge on any atom is 0.416 e. The van der Waals surface area contributed by atoms with E-state index in [-0.39, 0.29) is 17.7 Å². The molecule has 1 aliphatic carbocycles. The van der Waals surface area contributed by atoms with Gasteiger partial charge in [-0.1, -0.05) is 24.6 Å². The fourth-order valence-corrected chi connectivity index (χ4v) is 4.37. The minimum atomic E-state index is -4.52. The highest BCUT2D eigenvalue weighted by atomic mass is 19.4. The van der Waals surface area contributed by atoms with Crippen molar-refractivity contribution in [2.75, 3.05) is 11.9 Å². The third kappa shape index (κ3) is 2.98. The average molecular weight is 414 g/mol. The molecular weight excluding hydrogens is 393 g/mol. The fraction of sp³-hybridized carbons (Fsp3) is 0.318. The van der Waals surface area contributed by atoms with Crippen molar-refractivity contribution in [3.05, 3.63) is 64.7 Å². The number of fused-ring (bicyclic) bond motifs is 1. The summed E-state index contributed by atoms with van der Waals surface area (Å²) < 4.78 is 40.2. The Kier molecular flexibility index (Phi) is 4.67. The Morgan fingerprint density at radius 1 is 1.20 bits per heavy atom. The van der Waals surface area contributed by atoms with Gasteiger partial charge in [0, 0.05) is 18.3 Å². The first-order valence-corrected chi connectivity index (χ1v) is 9.63. The lowest BCUT2D eigenvalue weighted by atomic mass is 9.63. The van der Waals surface area contributed by atoms with Gasteiger partial charge in [0.2, 0.25) is 0 Å². The topological polar surface area (TPSA) is 71.2 Å². The summed E-state index contributed by atoms with van der Waals surface area (Å²) in [4.78, 5) is 15.7. The number of amides is 1. The zero-order valence-electron chi connectivity index (χ0n) is 16.4. The first-order chi connectivity index (χ1) is 14.2. The minimum Gasteiger partial charge on any atom is -0.324 e. The first kappa shape index (κ1) is 20.1. The van der Waals surface area contributed by atoms with E-state index in [0.29, 0.717) is 11.5 Å². The summed E-state index contributed by atoms with van der Waals surface area (Å²) in [6, 6.07) is 10.8. The van der Waals surface area contributed by atoms with Crippen LogP contribution in [0.2, 0.25) is 0 Å². The molecule has 30 heavy (non-hydrogen) atoms. The number of halogens is 3. The molecule has 156 valence electrons. The predicted octanol–water partition coefficient (Wildman–Crippen LogP) is 4.80. The van der Waals surface area contributed by atoms with Crippen LogP contribution in [0.4, 0.5) is 18.9 Å². The Labute approximate surface area is 172 Å². The number of nitrogens with zero attached hydrogens (tertiary/aromatic N) is 2. The summed E-state index contributed by atoms with van der Waals surface area (Å²) in [5, 5.41) is 16.0. The fourth-order valence-electron chi connectivity index (χ4n) is 4.37. The molecule has 1 heterocycles. The highest BCUT2D eigenvalue weighted by Crippen LogP contribution is 2.46.